The number of primary amides is 1. The highest BCUT2D eigenvalue weighted by Crippen LogP contribution is 2.05. The number of aromatic amines is 3. The Kier molecular flexibility index (Phi) is 14.1. The highest BCUT2D eigenvalue weighted by atomic mass is 16.4. The zero-order chi connectivity index (χ0) is 36.8. The molecule has 0 saturated heterocycles. The Labute approximate surface area is 283 Å². The maximum atomic E-state index is 13.5. The van der Waals surface area contributed by atoms with Gasteiger partial charge in [0, 0.05) is 37.9 Å². The van der Waals surface area contributed by atoms with Crippen LogP contribution >= 0.6 is 0 Å². The summed E-state index contributed by atoms with van der Waals surface area (Å²) in [6.07, 6.45) is 7.42. The largest absolute Gasteiger partial charge is 0.480 e. The summed E-state index contributed by atoms with van der Waals surface area (Å²) in [5.74, 6) is -6.73. The van der Waals surface area contributed by atoms with E-state index in [1.807, 2.05) is 0 Å². The maximum Gasteiger partial charge on any atom is 0.326 e. The Balaban J connectivity index is 1.69. The molecule has 0 fully saturated rings. The van der Waals surface area contributed by atoms with Gasteiger partial charge in [-0.15, -0.1) is 0 Å². The van der Waals surface area contributed by atoms with Crippen molar-refractivity contribution in [3.05, 3.63) is 54.7 Å². The van der Waals surface area contributed by atoms with Crippen LogP contribution in [0.1, 0.15) is 30.4 Å². The number of carbonyl (C=O) groups is 7. The predicted molar refractivity (Wildman–Crippen MR) is 169 cm³/mol. The van der Waals surface area contributed by atoms with Crippen LogP contribution < -0.4 is 38.1 Å². The van der Waals surface area contributed by atoms with Gasteiger partial charge < -0.3 is 63.2 Å². The van der Waals surface area contributed by atoms with Crippen molar-refractivity contribution in [1.82, 2.24) is 56.5 Å². The number of aliphatic hydroxyl groups is 1. The lowest BCUT2D eigenvalue weighted by molar-refractivity contribution is -0.142. The minimum Gasteiger partial charge on any atom is -0.480 e. The number of rotatable bonds is 20. The number of hydrogen-bond donors (Lipinski definition) is 12. The quantitative estimate of drug-likeness (QED) is 0.0524. The van der Waals surface area contributed by atoms with E-state index >= 15 is 0 Å². The van der Waals surface area contributed by atoms with Crippen molar-refractivity contribution in [2.75, 3.05) is 6.61 Å². The van der Waals surface area contributed by atoms with Gasteiger partial charge in [0.15, 0.2) is 0 Å². The summed E-state index contributed by atoms with van der Waals surface area (Å²) in [5, 5.41) is 31.2. The van der Waals surface area contributed by atoms with E-state index in [9.17, 15) is 43.8 Å². The van der Waals surface area contributed by atoms with E-state index in [1.165, 1.54) is 44.5 Å². The molecule has 22 heteroatoms. The average Bonchev–Trinajstić information content (AvgIpc) is 3.87. The first-order chi connectivity index (χ1) is 23.8. The van der Waals surface area contributed by atoms with Gasteiger partial charge in [0.05, 0.1) is 55.1 Å². The van der Waals surface area contributed by atoms with Crippen molar-refractivity contribution in [2.24, 2.45) is 11.5 Å². The van der Waals surface area contributed by atoms with Crippen molar-refractivity contribution in [1.29, 1.82) is 0 Å². The average molecular weight is 702 g/mol. The summed E-state index contributed by atoms with van der Waals surface area (Å²) in [5.41, 5.74) is 11.9. The second kappa shape index (κ2) is 18.4. The Morgan fingerprint density at radius 3 is 1.48 bits per heavy atom. The molecule has 0 aliphatic carbocycles. The number of carboxylic acid groups (broad SMARTS) is 1. The minimum absolute atomic E-state index is 0.144. The molecule has 0 aromatic carbocycles. The molecule has 50 heavy (non-hydrogen) atoms. The van der Waals surface area contributed by atoms with Crippen molar-refractivity contribution < 1.29 is 43.8 Å². The van der Waals surface area contributed by atoms with Crippen LogP contribution in [0.25, 0.3) is 0 Å². The summed E-state index contributed by atoms with van der Waals surface area (Å²) in [6, 6.07) is -8.41. The van der Waals surface area contributed by atoms with Gasteiger partial charge >= 0.3 is 5.97 Å². The third-order valence-corrected chi connectivity index (χ3v) is 7.11. The normalized spacial score (nSPS) is 14.5. The molecule has 270 valence electrons. The van der Waals surface area contributed by atoms with Gasteiger partial charge in [0.2, 0.25) is 35.4 Å². The highest BCUT2D eigenvalue weighted by Gasteiger charge is 2.32. The summed E-state index contributed by atoms with van der Waals surface area (Å²) in [7, 11) is 0. The number of amides is 6. The van der Waals surface area contributed by atoms with E-state index in [1.54, 1.807) is 0 Å². The van der Waals surface area contributed by atoms with Crippen LogP contribution in [0.3, 0.4) is 0 Å². The first-order valence-electron chi connectivity index (χ1n) is 15.1. The van der Waals surface area contributed by atoms with Gasteiger partial charge in [0.1, 0.15) is 30.2 Å². The molecule has 0 bridgehead atoms. The molecule has 22 nitrogen and oxygen atoms in total. The topological polar surface area (TPSA) is 358 Å². The first-order valence-corrected chi connectivity index (χ1v) is 15.1. The molecule has 0 unspecified atom stereocenters. The standard InChI is InChI=1S/C28H39N13O9/c1-13(23(44)41-21(9-42)27(48)40-20(28(49)50)4-16-8-33-12-36-16)37-25(46)18(2-14-6-31-10-34-14)39-26(47)19(3-15-7-32-11-35-15)38-24(45)17(29)5-22(30)43/h6-8,10-13,17-21,42H,2-5,9,29H2,1H3,(H2,30,43)(H,31,34)(H,32,35)(H,33,36)(H,37,46)(H,38,45)(H,39,47)(H,40,48)(H,41,44)(H,49,50)/t13-,17-,18-,19-,20-,21-/m0/s1. The number of nitrogens with two attached hydrogens (primary N) is 2. The lowest BCUT2D eigenvalue weighted by Crippen LogP contribution is -2.60. The molecule has 14 N–H and O–H groups in total. The van der Waals surface area contributed by atoms with Crippen LogP contribution in [0.2, 0.25) is 0 Å². The second-order valence-electron chi connectivity index (χ2n) is 11.1. The van der Waals surface area contributed by atoms with Crippen LogP contribution in [0.15, 0.2) is 37.6 Å². The van der Waals surface area contributed by atoms with E-state index in [4.69, 9.17) is 11.5 Å². The van der Waals surface area contributed by atoms with Crippen molar-refractivity contribution in [2.45, 2.75) is 68.9 Å². The minimum atomic E-state index is -1.59. The van der Waals surface area contributed by atoms with E-state index < -0.39 is 90.7 Å². The summed E-state index contributed by atoms with van der Waals surface area (Å²) in [6.45, 7) is 0.363. The molecule has 3 rings (SSSR count). The van der Waals surface area contributed by atoms with E-state index in [0.29, 0.717) is 17.1 Å². The molecule has 6 amide bonds. The predicted octanol–water partition coefficient (Wildman–Crippen LogP) is -5.39. The Bertz CT molecular complexity index is 1600. The van der Waals surface area contributed by atoms with E-state index in [-0.39, 0.29) is 19.3 Å². The molecule has 0 aliphatic rings. The number of carbonyl (C=O) groups excluding carboxylic acids is 6. The lowest BCUT2D eigenvalue weighted by atomic mass is 10.1. The second-order valence-corrected chi connectivity index (χ2v) is 11.1. The number of H-pyrrole nitrogens is 3. The molecule has 0 spiro atoms. The van der Waals surface area contributed by atoms with Crippen molar-refractivity contribution in [3.63, 3.8) is 0 Å². The van der Waals surface area contributed by atoms with Crippen molar-refractivity contribution >= 4 is 41.4 Å². The zero-order valence-corrected chi connectivity index (χ0v) is 26.7. The fourth-order valence-corrected chi connectivity index (χ4v) is 4.46. The number of aliphatic carboxylic acids is 1. The smallest absolute Gasteiger partial charge is 0.326 e. The molecule has 0 saturated carbocycles. The van der Waals surface area contributed by atoms with E-state index in [0.717, 1.165) is 0 Å². The number of aromatic nitrogens is 6. The third kappa shape index (κ3) is 11.8. The van der Waals surface area contributed by atoms with Crippen LogP contribution in [0.4, 0.5) is 0 Å². The number of nitrogens with one attached hydrogen (secondary N) is 8. The zero-order valence-electron chi connectivity index (χ0n) is 26.7. The van der Waals surface area contributed by atoms with Gasteiger partial charge in [0.25, 0.3) is 0 Å². The van der Waals surface area contributed by atoms with Crippen LogP contribution in [0.5, 0.6) is 0 Å². The van der Waals surface area contributed by atoms with Crippen LogP contribution in [0, 0.1) is 0 Å². The van der Waals surface area contributed by atoms with Gasteiger partial charge in [-0.25, -0.2) is 19.7 Å². The van der Waals surface area contributed by atoms with Gasteiger partial charge in [-0.3, -0.25) is 28.8 Å². The Morgan fingerprint density at radius 2 is 1.06 bits per heavy atom. The fraction of sp³-hybridized carbons (Fsp3) is 0.429. The molecular formula is C28H39N13O9. The van der Waals surface area contributed by atoms with Gasteiger partial charge in [-0.2, -0.15) is 0 Å². The fourth-order valence-electron chi connectivity index (χ4n) is 4.46. The van der Waals surface area contributed by atoms with Crippen LogP contribution in [-0.2, 0) is 52.8 Å². The number of carboxylic acids is 1. The summed E-state index contributed by atoms with van der Waals surface area (Å²) >= 11 is 0. The summed E-state index contributed by atoms with van der Waals surface area (Å²) in [4.78, 5) is 108. The molecular weight excluding hydrogens is 662 g/mol. The highest BCUT2D eigenvalue weighted by molar-refractivity contribution is 5.96. The van der Waals surface area contributed by atoms with Gasteiger partial charge in [-0.1, -0.05) is 0 Å². The molecule has 3 aromatic heterocycles. The summed E-state index contributed by atoms with van der Waals surface area (Å²) < 4.78 is 0. The Morgan fingerprint density at radius 1 is 0.660 bits per heavy atom. The Hall–Kier alpha value is -6.16. The maximum absolute atomic E-state index is 13.5. The third-order valence-electron chi connectivity index (χ3n) is 7.11. The molecule has 0 aliphatic heterocycles. The number of imidazole rings is 3. The lowest BCUT2D eigenvalue weighted by Gasteiger charge is -2.25. The number of nitrogens with zero attached hydrogens (tertiary/aromatic N) is 3. The first kappa shape index (κ1) is 38.3. The molecule has 3 heterocycles. The van der Waals surface area contributed by atoms with E-state index in [2.05, 4.69) is 56.5 Å². The molecule has 0 radical (unpaired) electrons. The number of hydrogen-bond acceptors (Lipinski definition) is 12. The number of aliphatic hydroxyl groups excluding tert-OH is 1. The van der Waals surface area contributed by atoms with Crippen molar-refractivity contribution in [3.8, 4) is 0 Å². The SMILES string of the molecule is C[C@H](NC(=O)[C@H](Cc1c[nH]cn1)NC(=O)[C@H](Cc1c[nH]cn1)NC(=O)[C@@H](N)CC(N)=O)C(=O)N[C@@H](CO)C(=O)N[C@@H](Cc1c[nH]cn1)C(=O)O. The van der Waals surface area contributed by atoms with Crippen LogP contribution in [-0.4, -0.2) is 124 Å². The molecule has 3 aromatic rings. The van der Waals surface area contributed by atoms with Gasteiger partial charge in [-0.05, 0) is 6.92 Å². The molecule has 6 atom stereocenters. The monoisotopic (exact) mass is 701 g/mol.